The molecule has 0 aliphatic carbocycles. The Hall–Kier alpha value is -1.56. The number of hydrogen-bond donors (Lipinski definition) is 1. The molecule has 82 valence electrons. The predicted octanol–water partition coefficient (Wildman–Crippen LogP) is 2.77. The third kappa shape index (κ3) is 1.88. The maximum absolute atomic E-state index is 13.7. The summed E-state index contributed by atoms with van der Waals surface area (Å²) >= 11 is 2.98. The number of halogens is 3. The van der Waals surface area contributed by atoms with E-state index in [1.54, 1.807) is 0 Å². The number of anilines is 1. The summed E-state index contributed by atoms with van der Waals surface area (Å²) in [6, 6.07) is 2.46. The van der Waals surface area contributed by atoms with Gasteiger partial charge in [0.15, 0.2) is 0 Å². The van der Waals surface area contributed by atoms with Crippen molar-refractivity contribution in [2.45, 2.75) is 0 Å². The van der Waals surface area contributed by atoms with Gasteiger partial charge in [0, 0.05) is 18.0 Å². The first kappa shape index (κ1) is 10.9. The maximum atomic E-state index is 13.7. The second-order valence-electron chi connectivity index (χ2n) is 3.05. The fraction of sp³-hybridized carbons (Fsp3) is 0. The summed E-state index contributed by atoms with van der Waals surface area (Å²) < 4.78 is 27.3. The van der Waals surface area contributed by atoms with Crippen molar-refractivity contribution in [3.8, 4) is 11.1 Å². The average molecular weight is 286 g/mol. The standard InChI is InChI=1S/C10H6BrF2N3/c11-6-1-2-7(12)8(9(6)13)5-3-15-10(14)16-4-5/h1-4H,(H2,14,15,16). The monoisotopic (exact) mass is 285 g/mol. The van der Waals surface area contributed by atoms with Gasteiger partial charge in [-0.2, -0.15) is 0 Å². The summed E-state index contributed by atoms with van der Waals surface area (Å²) in [5.74, 6) is -1.30. The molecule has 0 amide bonds. The summed E-state index contributed by atoms with van der Waals surface area (Å²) in [6.07, 6.45) is 2.55. The summed E-state index contributed by atoms with van der Waals surface area (Å²) in [5.41, 5.74) is 5.36. The third-order valence-corrected chi connectivity index (χ3v) is 2.62. The first-order valence-electron chi connectivity index (χ1n) is 4.31. The van der Waals surface area contributed by atoms with Crippen LogP contribution in [0.1, 0.15) is 0 Å². The molecule has 6 heteroatoms. The number of nitrogen functional groups attached to an aromatic ring is 1. The largest absolute Gasteiger partial charge is 0.368 e. The van der Waals surface area contributed by atoms with E-state index in [-0.39, 0.29) is 21.5 Å². The molecule has 0 atom stereocenters. The van der Waals surface area contributed by atoms with Gasteiger partial charge in [0.05, 0.1) is 10.0 Å². The Morgan fingerprint density at radius 1 is 1.12 bits per heavy atom. The van der Waals surface area contributed by atoms with Gasteiger partial charge in [-0.1, -0.05) is 0 Å². The Labute approximate surface area is 98.5 Å². The van der Waals surface area contributed by atoms with Crippen LogP contribution < -0.4 is 5.73 Å². The van der Waals surface area contributed by atoms with Crippen LogP contribution in [0.4, 0.5) is 14.7 Å². The van der Waals surface area contributed by atoms with E-state index < -0.39 is 11.6 Å². The first-order chi connectivity index (χ1) is 7.59. The van der Waals surface area contributed by atoms with E-state index in [1.165, 1.54) is 24.5 Å². The minimum atomic E-state index is -0.687. The van der Waals surface area contributed by atoms with Crippen molar-refractivity contribution in [3.05, 3.63) is 40.6 Å². The maximum Gasteiger partial charge on any atom is 0.219 e. The molecule has 0 radical (unpaired) electrons. The lowest BCUT2D eigenvalue weighted by Crippen LogP contribution is -1.96. The Kier molecular flexibility index (Phi) is 2.82. The molecule has 3 nitrogen and oxygen atoms in total. The van der Waals surface area contributed by atoms with E-state index in [9.17, 15) is 8.78 Å². The van der Waals surface area contributed by atoms with Crippen molar-refractivity contribution in [1.29, 1.82) is 0 Å². The zero-order valence-electron chi connectivity index (χ0n) is 7.92. The molecule has 2 rings (SSSR count). The van der Waals surface area contributed by atoms with Gasteiger partial charge in [0.2, 0.25) is 5.95 Å². The number of aromatic nitrogens is 2. The van der Waals surface area contributed by atoms with E-state index in [4.69, 9.17) is 5.73 Å². The predicted molar refractivity (Wildman–Crippen MR) is 59.5 cm³/mol. The minimum absolute atomic E-state index is 0.0552. The van der Waals surface area contributed by atoms with Crippen LogP contribution in [0.15, 0.2) is 29.0 Å². The van der Waals surface area contributed by atoms with E-state index >= 15 is 0 Å². The Morgan fingerprint density at radius 2 is 1.75 bits per heavy atom. The molecule has 16 heavy (non-hydrogen) atoms. The third-order valence-electron chi connectivity index (χ3n) is 2.00. The molecule has 1 aromatic heterocycles. The number of rotatable bonds is 1. The van der Waals surface area contributed by atoms with Crippen molar-refractivity contribution in [2.75, 3.05) is 5.73 Å². The molecule has 1 heterocycles. The second kappa shape index (κ2) is 4.13. The van der Waals surface area contributed by atoms with Crippen molar-refractivity contribution in [3.63, 3.8) is 0 Å². The molecule has 0 aliphatic rings. The minimum Gasteiger partial charge on any atom is -0.368 e. The molecule has 0 bridgehead atoms. The topological polar surface area (TPSA) is 51.8 Å². The first-order valence-corrected chi connectivity index (χ1v) is 5.10. The average Bonchev–Trinajstić information content (AvgIpc) is 2.27. The molecular formula is C10H6BrF2N3. The Bertz CT molecular complexity index is 528. The number of benzene rings is 1. The molecule has 0 spiro atoms. The molecule has 2 N–H and O–H groups in total. The van der Waals surface area contributed by atoms with Crippen molar-refractivity contribution in [1.82, 2.24) is 9.97 Å². The summed E-state index contributed by atoms with van der Waals surface area (Å²) in [4.78, 5) is 7.37. The van der Waals surface area contributed by atoms with Gasteiger partial charge in [0.1, 0.15) is 11.6 Å². The van der Waals surface area contributed by atoms with Crippen molar-refractivity contribution >= 4 is 21.9 Å². The SMILES string of the molecule is Nc1ncc(-c2c(F)ccc(Br)c2F)cn1. The van der Waals surface area contributed by atoms with Crippen LogP contribution >= 0.6 is 15.9 Å². The van der Waals surface area contributed by atoms with E-state index in [0.717, 1.165) is 0 Å². The van der Waals surface area contributed by atoms with Gasteiger partial charge in [-0.15, -0.1) is 0 Å². The lowest BCUT2D eigenvalue weighted by molar-refractivity contribution is 0.585. The van der Waals surface area contributed by atoms with Crippen molar-refractivity contribution < 1.29 is 8.78 Å². The lowest BCUT2D eigenvalue weighted by Gasteiger charge is -2.05. The molecule has 0 fully saturated rings. The normalized spacial score (nSPS) is 10.4. The van der Waals surface area contributed by atoms with Crippen LogP contribution in [-0.2, 0) is 0 Å². The fourth-order valence-corrected chi connectivity index (χ4v) is 1.59. The van der Waals surface area contributed by atoms with Crippen LogP contribution in [0.5, 0.6) is 0 Å². The smallest absolute Gasteiger partial charge is 0.219 e. The van der Waals surface area contributed by atoms with E-state index in [0.29, 0.717) is 0 Å². The highest BCUT2D eigenvalue weighted by molar-refractivity contribution is 9.10. The van der Waals surface area contributed by atoms with E-state index in [2.05, 4.69) is 25.9 Å². The molecule has 0 saturated heterocycles. The van der Waals surface area contributed by atoms with E-state index in [1.807, 2.05) is 0 Å². The number of nitrogens with zero attached hydrogens (tertiary/aromatic N) is 2. The Morgan fingerprint density at radius 3 is 2.38 bits per heavy atom. The zero-order valence-corrected chi connectivity index (χ0v) is 9.50. The van der Waals surface area contributed by atoms with Crippen molar-refractivity contribution in [2.24, 2.45) is 0 Å². The Balaban J connectivity index is 2.63. The van der Waals surface area contributed by atoms with Gasteiger partial charge < -0.3 is 5.73 Å². The van der Waals surface area contributed by atoms with Crippen LogP contribution in [0, 0.1) is 11.6 Å². The van der Waals surface area contributed by atoms with Crippen LogP contribution in [0.25, 0.3) is 11.1 Å². The number of nitrogens with two attached hydrogens (primary N) is 1. The molecule has 0 aliphatic heterocycles. The number of hydrogen-bond acceptors (Lipinski definition) is 3. The molecule has 2 aromatic rings. The molecule has 1 aromatic carbocycles. The van der Waals surface area contributed by atoms with Crippen LogP contribution in [-0.4, -0.2) is 9.97 Å². The van der Waals surface area contributed by atoms with Gasteiger partial charge in [-0.25, -0.2) is 18.7 Å². The lowest BCUT2D eigenvalue weighted by atomic mass is 10.1. The van der Waals surface area contributed by atoms with Gasteiger partial charge >= 0.3 is 0 Å². The molecule has 0 saturated carbocycles. The quantitative estimate of drug-likeness (QED) is 0.820. The second-order valence-corrected chi connectivity index (χ2v) is 3.90. The molecular weight excluding hydrogens is 280 g/mol. The highest BCUT2D eigenvalue weighted by Gasteiger charge is 2.14. The highest BCUT2D eigenvalue weighted by atomic mass is 79.9. The fourth-order valence-electron chi connectivity index (χ4n) is 1.26. The van der Waals surface area contributed by atoms with Crippen LogP contribution in [0.3, 0.4) is 0 Å². The van der Waals surface area contributed by atoms with Gasteiger partial charge in [0.25, 0.3) is 0 Å². The molecule has 0 unspecified atom stereocenters. The summed E-state index contributed by atoms with van der Waals surface area (Å²) in [7, 11) is 0. The summed E-state index contributed by atoms with van der Waals surface area (Å²) in [5, 5.41) is 0. The van der Waals surface area contributed by atoms with Gasteiger partial charge in [-0.3, -0.25) is 0 Å². The van der Waals surface area contributed by atoms with Crippen LogP contribution in [0.2, 0.25) is 0 Å². The summed E-state index contributed by atoms with van der Waals surface area (Å²) in [6.45, 7) is 0. The zero-order chi connectivity index (χ0) is 11.7. The van der Waals surface area contributed by atoms with Gasteiger partial charge in [-0.05, 0) is 28.1 Å². The highest BCUT2D eigenvalue weighted by Crippen LogP contribution is 2.29.